The Kier molecular flexibility index (Phi) is 7.87. The van der Waals surface area contributed by atoms with E-state index in [-0.39, 0.29) is 0 Å². The Morgan fingerprint density at radius 3 is 2.53 bits per heavy atom. The van der Waals surface area contributed by atoms with E-state index in [1.165, 1.54) is 57.9 Å². The number of nitrogens with zero attached hydrogens (tertiary/aromatic N) is 1. The van der Waals surface area contributed by atoms with Crippen molar-refractivity contribution in [1.82, 2.24) is 10.2 Å². The summed E-state index contributed by atoms with van der Waals surface area (Å²) >= 11 is 0. The van der Waals surface area contributed by atoms with Gasteiger partial charge in [-0.2, -0.15) is 0 Å². The lowest BCUT2D eigenvalue weighted by Gasteiger charge is -2.35. The molecule has 0 amide bonds. The number of nitrogens with one attached hydrogen (secondary N) is 1. The van der Waals surface area contributed by atoms with E-state index in [1.807, 2.05) is 0 Å². The second-order valence-corrected chi connectivity index (χ2v) is 5.72. The quantitative estimate of drug-likeness (QED) is 0.654. The van der Waals surface area contributed by atoms with Crippen LogP contribution in [0.2, 0.25) is 0 Å². The second kappa shape index (κ2) is 8.93. The van der Waals surface area contributed by atoms with Gasteiger partial charge in [0.15, 0.2) is 0 Å². The van der Waals surface area contributed by atoms with Gasteiger partial charge in [-0.1, -0.05) is 39.0 Å². The Labute approximate surface area is 108 Å². The first-order chi connectivity index (χ1) is 8.25. The molecular weight excluding hydrogens is 208 g/mol. The number of hydrogen-bond acceptors (Lipinski definition) is 2. The first kappa shape index (κ1) is 15.0. The van der Waals surface area contributed by atoms with Gasteiger partial charge in [0, 0.05) is 18.6 Å². The van der Waals surface area contributed by atoms with Gasteiger partial charge in [-0.05, 0) is 39.8 Å². The van der Waals surface area contributed by atoms with Gasteiger partial charge in [0.2, 0.25) is 0 Å². The lowest BCUT2D eigenvalue weighted by Crippen LogP contribution is -2.44. The molecule has 1 N–H and O–H groups in total. The third-order valence-corrected chi connectivity index (χ3v) is 4.24. The lowest BCUT2D eigenvalue weighted by atomic mass is 9.94. The molecule has 0 aliphatic heterocycles. The Morgan fingerprint density at radius 2 is 1.88 bits per heavy atom. The summed E-state index contributed by atoms with van der Waals surface area (Å²) in [6.07, 6.45) is 11.2. The van der Waals surface area contributed by atoms with Crippen LogP contribution in [0.15, 0.2) is 0 Å². The van der Waals surface area contributed by atoms with Gasteiger partial charge in [0.1, 0.15) is 0 Å². The van der Waals surface area contributed by atoms with Gasteiger partial charge in [0.25, 0.3) is 0 Å². The fraction of sp³-hybridized carbons (Fsp3) is 1.00. The summed E-state index contributed by atoms with van der Waals surface area (Å²) in [6.45, 7) is 6.97. The Hall–Kier alpha value is -0.0800. The zero-order valence-corrected chi connectivity index (χ0v) is 12.2. The van der Waals surface area contributed by atoms with E-state index in [4.69, 9.17) is 0 Å². The lowest BCUT2D eigenvalue weighted by molar-refractivity contribution is 0.144. The summed E-state index contributed by atoms with van der Waals surface area (Å²) < 4.78 is 0. The molecule has 0 radical (unpaired) electrons. The van der Waals surface area contributed by atoms with E-state index in [0.717, 1.165) is 12.6 Å². The fourth-order valence-electron chi connectivity index (χ4n) is 2.80. The van der Waals surface area contributed by atoms with Crippen LogP contribution in [0.5, 0.6) is 0 Å². The minimum absolute atomic E-state index is 0.680. The van der Waals surface area contributed by atoms with E-state index >= 15 is 0 Å². The third-order valence-electron chi connectivity index (χ3n) is 4.24. The van der Waals surface area contributed by atoms with Crippen molar-refractivity contribution >= 4 is 0 Å². The number of unbranched alkanes of at least 4 members (excludes halogenated alkanes) is 2. The maximum absolute atomic E-state index is 3.60. The Morgan fingerprint density at radius 1 is 1.18 bits per heavy atom. The Balaban J connectivity index is 2.10. The summed E-state index contributed by atoms with van der Waals surface area (Å²) in [6, 6.07) is 1.52. The van der Waals surface area contributed by atoms with Crippen LogP contribution >= 0.6 is 0 Å². The molecule has 17 heavy (non-hydrogen) atoms. The van der Waals surface area contributed by atoms with Gasteiger partial charge >= 0.3 is 0 Å². The molecule has 0 aromatic heterocycles. The minimum Gasteiger partial charge on any atom is -0.315 e. The highest BCUT2D eigenvalue weighted by molar-refractivity contribution is 4.78. The maximum Gasteiger partial charge on any atom is 0.0192 e. The monoisotopic (exact) mass is 240 g/mol. The molecule has 0 saturated heterocycles. The number of rotatable bonds is 8. The summed E-state index contributed by atoms with van der Waals surface area (Å²) in [5, 5.41) is 3.60. The number of likely N-dealkylation sites (N-methyl/N-ethyl adjacent to an activating group) is 1. The third kappa shape index (κ3) is 5.87. The molecule has 0 aromatic carbocycles. The molecular formula is C15H32N2. The zero-order chi connectivity index (χ0) is 12.5. The molecule has 1 unspecified atom stereocenters. The minimum atomic E-state index is 0.680. The first-order valence-corrected chi connectivity index (χ1v) is 7.68. The predicted molar refractivity (Wildman–Crippen MR) is 76.5 cm³/mol. The predicted octanol–water partition coefficient (Wildman–Crippen LogP) is 3.42. The van der Waals surface area contributed by atoms with Crippen molar-refractivity contribution in [3.05, 3.63) is 0 Å². The van der Waals surface area contributed by atoms with Gasteiger partial charge in [-0.25, -0.2) is 0 Å². The van der Waals surface area contributed by atoms with Crippen molar-refractivity contribution in [2.75, 3.05) is 20.1 Å². The highest BCUT2D eigenvalue weighted by atomic mass is 15.2. The van der Waals surface area contributed by atoms with Crippen molar-refractivity contribution in [3.8, 4) is 0 Å². The highest BCUT2D eigenvalue weighted by Crippen LogP contribution is 2.22. The van der Waals surface area contributed by atoms with Crippen LogP contribution < -0.4 is 5.32 Å². The molecule has 2 nitrogen and oxygen atoms in total. The van der Waals surface area contributed by atoms with Gasteiger partial charge in [0.05, 0.1) is 0 Å². The average molecular weight is 240 g/mol. The maximum atomic E-state index is 3.60. The van der Waals surface area contributed by atoms with Crippen LogP contribution in [-0.2, 0) is 0 Å². The Bertz CT molecular complexity index is 176. The fourth-order valence-corrected chi connectivity index (χ4v) is 2.80. The largest absolute Gasteiger partial charge is 0.315 e. The summed E-state index contributed by atoms with van der Waals surface area (Å²) in [5.41, 5.74) is 0. The van der Waals surface area contributed by atoms with Crippen LogP contribution in [-0.4, -0.2) is 37.1 Å². The van der Waals surface area contributed by atoms with Crippen LogP contribution in [0.25, 0.3) is 0 Å². The van der Waals surface area contributed by atoms with E-state index in [2.05, 4.69) is 31.1 Å². The first-order valence-electron chi connectivity index (χ1n) is 7.68. The van der Waals surface area contributed by atoms with Crippen LogP contribution in [0.4, 0.5) is 0 Å². The summed E-state index contributed by atoms with van der Waals surface area (Å²) in [4.78, 5) is 2.60. The van der Waals surface area contributed by atoms with Crippen molar-refractivity contribution in [1.29, 1.82) is 0 Å². The molecule has 0 aromatic rings. The molecule has 1 fully saturated rings. The number of hydrogen-bond donors (Lipinski definition) is 1. The summed E-state index contributed by atoms with van der Waals surface area (Å²) in [7, 11) is 2.31. The van der Waals surface area contributed by atoms with Crippen molar-refractivity contribution in [2.45, 2.75) is 77.3 Å². The molecule has 1 aliphatic rings. The summed E-state index contributed by atoms with van der Waals surface area (Å²) in [5.74, 6) is 0. The van der Waals surface area contributed by atoms with Crippen LogP contribution in [0, 0.1) is 0 Å². The molecule has 2 heteroatoms. The second-order valence-electron chi connectivity index (χ2n) is 5.72. The molecule has 1 rings (SSSR count). The normalized spacial score (nSPS) is 19.8. The van der Waals surface area contributed by atoms with Crippen LogP contribution in [0.1, 0.15) is 65.2 Å². The van der Waals surface area contributed by atoms with Crippen molar-refractivity contribution < 1.29 is 0 Å². The van der Waals surface area contributed by atoms with Crippen LogP contribution in [0.3, 0.4) is 0 Å². The zero-order valence-electron chi connectivity index (χ0n) is 12.2. The average Bonchev–Trinajstić information content (AvgIpc) is 2.38. The molecule has 0 heterocycles. The smallest absolute Gasteiger partial charge is 0.0192 e. The van der Waals surface area contributed by atoms with E-state index in [1.54, 1.807) is 0 Å². The van der Waals surface area contributed by atoms with Gasteiger partial charge in [-0.15, -0.1) is 0 Å². The SMILES string of the molecule is CCCCCNCC(C)N(C)C1CCCCC1. The van der Waals surface area contributed by atoms with Gasteiger partial charge in [-0.3, -0.25) is 4.90 Å². The van der Waals surface area contributed by atoms with Crippen molar-refractivity contribution in [3.63, 3.8) is 0 Å². The van der Waals surface area contributed by atoms with E-state index in [0.29, 0.717) is 6.04 Å². The van der Waals surface area contributed by atoms with E-state index < -0.39 is 0 Å². The standard InChI is InChI=1S/C15H32N2/c1-4-5-9-12-16-13-14(2)17(3)15-10-7-6-8-11-15/h14-16H,4-13H2,1-3H3. The molecule has 0 spiro atoms. The van der Waals surface area contributed by atoms with Gasteiger partial charge < -0.3 is 5.32 Å². The van der Waals surface area contributed by atoms with E-state index in [9.17, 15) is 0 Å². The van der Waals surface area contributed by atoms with Crippen molar-refractivity contribution in [2.24, 2.45) is 0 Å². The topological polar surface area (TPSA) is 15.3 Å². The molecule has 1 atom stereocenters. The molecule has 1 aliphatic carbocycles. The molecule has 1 saturated carbocycles. The molecule has 102 valence electrons. The highest BCUT2D eigenvalue weighted by Gasteiger charge is 2.21. The molecule has 0 bridgehead atoms.